The first-order valence-electron chi connectivity index (χ1n) is 5.21. The van der Waals surface area contributed by atoms with Crippen molar-refractivity contribution in [2.45, 2.75) is 32.6 Å². The first-order valence-corrected chi connectivity index (χ1v) is 5.21. The molecule has 6 nitrogen and oxygen atoms in total. The predicted octanol–water partition coefficient (Wildman–Crippen LogP) is 0.109. The molecule has 0 saturated heterocycles. The molecule has 0 fully saturated rings. The van der Waals surface area contributed by atoms with E-state index in [1.54, 1.807) is 0 Å². The van der Waals surface area contributed by atoms with Gasteiger partial charge in [0.25, 0.3) is 17.7 Å². The zero-order chi connectivity index (χ0) is 12.1. The third-order valence-corrected chi connectivity index (χ3v) is 2.25. The third-order valence-electron chi connectivity index (χ3n) is 2.25. The van der Waals surface area contributed by atoms with E-state index < -0.39 is 17.7 Å². The van der Waals surface area contributed by atoms with Gasteiger partial charge in [0, 0.05) is 18.6 Å². The molecule has 1 aliphatic heterocycles. The molecule has 0 spiro atoms. The number of hydrogen-bond donors (Lipinski definition) is 1. The molecule has 0 saturated carbocycles. The fourth-order valence-corrected chi connectivity index (χ4v) is 1.36. The van der Waals surface area contributed by atoms with Crippen LogP contribution in [0.2, 0.25) is 0 Å². The number of rotatable bonds is 5. The van der Waals surface area contributed by atoms with Gasteiger partial charge < -0.3 is 0 Å². The fraction of sp³-hybridized carbons (Fsp3) is 0.500. The fourth-order valence-electron chi connectivity index (χ4n) is 1.36. The Morgan fingerprint density at radius 2 is 1.88 bits per heavy atom. The Bertz CT molecular complexity index is 320. The Labute approximate surface area is 93.6 Å². The molecule has 0 aromatic rings. The summed E-state index contributed by atoms with van der Waals surface area (Å²) in [7, 11) is 0. The highest BCUT2D eigenvalue weighted by molar-refractivity contribution is 6.13. The van der Waals surface area contributed by atoms with Crippen molar-refractivity contribution in [3.63, 3.8) is 0 Å². The van der Waals surface area contributed by atoms with Gasteiger partial charge in [-0.15, -0.1) is 0 Å². The molecule has 1 rings (SSSR count). The minimum Gasteiger partial charge on any atom is -0.272 e. The summed E-state index contributed by atoms with van der Waals surface area (Å²) in [5.74, 6) is 3.81. The lowest BCUT2D eigenvalue weighted by Gasteiger charge is -2.24. The van der Waals surface area contributed by atoms with E-state index in [4.69, 9.17) is 5.84 Å². The zero-order valence-electron chi connectivity index (χ0n) is 9.18. The first-order chi connectivity index (χ1) is 7.57. The van der Waals surface area contributed by atoms with Crippen LogP contribution in [0.25, 0.3) is 0 Å². The number of imide groups is 1. The van der Waals surface area contributed by atoms with E-state index in [9.17, 15) is 14.4 Å². The zero-order valence-corrected chi connectivity index (χ0v) is 9.18. The van der Waals surface area contributed by atoms with Gasteiger partial charge in [0.1, 0.15) is 0 Å². The molecule has 2 N–H and O–H groups in total. The molecule has 88 valence electrons. The molecule has 0 unspecified atom stereocenters. The van der Waals surface area contributed by atoms with Gasteiger partial charge in [-0.2, -0.15) is 10.1 Å². The van der Waals surface area contributed by atoms with Crippen LogP contribution in [0, 0.1) is 0 Å². The van der Waals surface area contributed by atoms with Crippen LogP contribution in [0.1, 0.15) is 32.6 Å². The van der Waals surface area contributed by atoms with Crippen molar-refractivity contribution in [2.75, 3.05) is 0 Å². The summed E-state index contributed by atoms with van der Waals surface area (Å²) in [6.45, 7) is 2.02. The SMILES string of the molecule is CCCCCC(=O)N(N)N1C(=O)C=CC1=O. The van der Waals surface area contributed by atoms with E-state index in [0.717, 1.165) is 25.0 Å². The monoisotopic (exact) mass is 225 g/mol. The van der Waals surface area contributed by atoms with E-state index in [-0.39, 0.29) is 6.42 Å². The number of nitrogens with two attached hydrogens (primary N) is 1. The van der Waals surface area contributed by atoms with Gasteiger partial charge in [-0.25, -0.2) is 5.84 Å². The van der Waals surface area contributed by atoms with Crippen molar-refractivity contribution in [1.82, 2.24) is 10.1 Å². The molecular weight excluding hydrogens is 210 g/mol. The lowest BCUT2D eigenvalue weighted by molar-refractivity contribution is -0.167. The summed E-state index contributed by atoms with van der Waals surface area (Å²) in [5.41, 5.74) is 0. The highest BCUT2D eigenvalue weighted by atomic mass is 16.2. The van der Waals surface area contributed by atoms with E-state index in [0.29, 0.717) is 16.5 Å². The van der Waals surface area contributed by atoms with E-state index >= 15 is 0 Å². The summed E-state index contributed by atoms with van der Waals surface area (Å²) in [6, 6.07) is 0. The molecule has 6 heteroatoms. The molecule has 0 atom stereocenters. The number of unbranched alkanes of at least 4 members (excludes halogenated alkanes) is 2. The van der Waals surface area contributed by atoms with Crippen LogP contribution in [0.15, 0.2) is 12.2 Å². The van der Waals surface area contributed by atoms with Gasteiger partial charge in [-0.05, 0) is 6.42 Å². The molecular formula is C10H15N3O3. The van der Waals surface area contributed by atoms with E-state index in [1.807, 2.05) is 6.92 Å². The van der Waals surface area contributed by atoms with Gasteiger partial charge in [-0.3, -0.25) is 14.4 Å². The van der Waals surface area contributed by atoms with Crippen molar-refractivity contribution >= 4 is 17.7 Å². The van der Waals surface area contributed by atoms with Gasteiger partial charge in [0.15, 0.2) is 0 Å². The molecule has 1 aliphatic rings. The molecule has 0 bridgehead atoms. The standard InChI is InChI=1S/C10H15N3O3/c1-2-3-4-5-10(16)13(11)12-8(14)6-7-9(12)15/h6-7H,2-5,11H2,1H3. The van der Waals surface area contributed by atoms with Crippen LogP contribution in [0.5, 0.6) is 0 Å². The molecule has 16 heavy (non-hydrogen) atoms. The molecule has 0 aromatic carbocycles. The lowest BCUT2D eigenvalue weighted by Crippen LogP contribution is -2.53. The second-order valence-corrected chi connectivity index (χ2v) is 3.52. The van der Waals surface area contributed by atoms with Crippen LogP contribution in [-0.2, 0) is 14.4 Å². The largest absolute Gasteiger partial charge is 0.274 e. The number of carbonyl (C=O) groups excluding carboxylic acids is 3. The van der Waals surface area contributed by atoms with Crippen LogP contribution in [0.4, 0.5) is 0 Å². The van der Waals surface area contributed by atoms with Crippen LogP contribution >= 0.6 is 0 Å². The minimum absolute atomic E-state index is 0.237. The quantitative estimate of drug-likeness (QED) is 0.236. The van der Waals surface area contributed by atoms with Crippen LogP contribution < -0.4 is 5.84 Å². The van der Waals surface area contributed by atoms with E-state index in [1.165, 1.54) is 0 Å². The molecule has 3 amide bonds. The summed E-state index contributed by atoms with van der Waals surface area (Å²) < 4.78 is 0. The lowest BCUT2D eigenvalue weighted by atomic mass is 10.2. The second-order valence-electron chi connectivity index (χ2n) is 3.52. The maximum absolute atomic E-state index is 11.5. The second kappa shape index (κ2) is 5.41. The molecule has 0 aliphatic carbocycles. The van der Waals surface area contributed by atoms with Gasteiger partial charge in [-0.1, -0.05) is 19.8 Å². The summed E-state index contributed by atoms with van der Waals surface area (Å²) in [4.78, 5) is 33.9. The first kappa shape index (κ1) is 12.4. The Balaban J connectivity index is 2.50. The number of carbonyl (C=O) groups is 3. The number of nitrogens with zero attached hydrogens (tertiary/aromatic N) is 2. The predicted molar refractivity (Wildman–Crippen MR) is 56.2 cm³/mol. The Kier molecular flexibility index (Phi) is 4.19. The van der Waals surface area contributed by atoms with Crippen LogP contribution in [0.3, 0.4) is 0 Å². The minimum atomic E-state index is -0.587. The topological polar surface area (TPSA) is 83.7 Å². The Hall–Kier alpha value is -1.69. The van der Waals surface area contributed by atoms with Crippen molar-refractivity contribution in [1.29, 1.82) is 0 Å². The average molecular weight is 225 g/mol. The molecule has 0 radical (unpaired) electrons. The smallest absolute Gasteiger partial charge is 0.272 e. The molecule has 1 heterocycles. The van der Waals surface area contributed by atoms with Gasteiger partial charge >= 0.3 is 0 Å². The Morgan fingerprint density at radius 1 is 1.31 bits per heavy atom. The van der Waals surface area contributed by atoms with Crippen molar-refractivity contribution in [3.05, 3.63) is 12.2 Å². The number of hydrogen-bond acceptors (Lipinski definition) is 4. The maximum atomic E-state index is 11.5. The van der Waals surface area contributed by atoms with Crippen LogP contribution in [-0.4, -0.2) is 27.8 Å². The van der Waals surface area contributed by atoms with Crippen molar-refractivity contribution in [3.8, 4) is 0 Å². The normalized spacial score (nSPS) is 14.8. The van der Waals surface area contributed by atoms with Crippen molar-refractivity contribution in [2.24, 2.45) is 5.84 Å². The average Bonchev–Trinajstić information content (AvgIpc) is 2.58. The Morgan fingerprint density at radius 3 is 2.38 bits per heavy atom. The summed E-state index contributed by atoms with van der Waals surface area (Å²) >= 11 is 0. The van der Waals surface area contributed by atoms with Gasteiger partial charge in [0.05, 0.1) is 0 Å². The van der Waals surface area contributed by atoms with Crippen molar-refractivity contribution < 1.29 is 14.4 Å². The highest BCUT2D eigenvalue weighted by Crippen LogP contribution is 2.08. The summed E-state index contributed by atoms with van der Waals surface area (Å²) in [5, 5.41) is 1.23. The summed E-state index contributed by atoms with van der Waals surface area (Å²) in [6.07, 6.45) is 5.01. The van der Waals surface area contributed by atoms with Gasteiger partial charge in [0.2, 0.25) is 0 Å². The number of amides is 3. The third kappa shape index (κ3) is 2.66. The highest BCUT2D eigenvalue weighted by Gasteiger charge is 2.30. The molecule has 0 aromatic heterocycles. The number of hydrazine groups is 2. The van der Waals surface area contributed by atoms with E-state index in [2.05, 4.69) is 0 Å². The maximum Gasteiger partial charge on any atom is 0.274 e.